The van der Waals surface area contributed by atoms with Crippen LogP contribution in [0, 0.1) is 13.8 Å². The molecule has 0 atom stereocenters. The van der Waals surface area contributed by atoms with E-state index in [-0.39, 0.29) is 35.6 Å². The number of carbonyl (C=O) groups excluding carboxylic acids is 2. The Morgan fingerprint density at radius 3 is 1.36 bits per heavy atom. The van der Waals surface area contributed by atoms with Gasteiger partial charge in [-0.25, -0.2) is 5.26 Å². The van der Waals surface area contributed by atoms with E-state index in [9.17, 15) is 14.8 Å². The lowest BCUT2D eigenvalue weighted by Crippen LogP contribution is -2.17. The Hall–Kier alpha value is -2.67. The number of aryl methyl sites for hydroxylation is 4. The van der Waals surface area contributed by atoms with Crippen LogP contribution < -0.4 is 9.05 Å². The van der Waals surface area contributed by atoms with Crippen LogP contribution in [0.4, 0.5) is 0 Å². The van der Waals surface area contributed by atoms with Crippen molar-refractivity contribution in [3.05, 3.63) is 57.6 Å². The average molecular weight is 563 g/mol. The lowest BCUT2D eigenvalue weighted by atomic mass is 9.83. The first-order valence-electron chi connectivity index (χ1n) is 13.0. The number of hydrogen-bond acceptors (Lipinski definition) is 8. The van der Waals surface area contributed by atoms with Gasteiger partial charge in [0, 0.05) is 24.0 Å². The van der Waals surface area contributed by atoms with Crippen LogP contribution in [-0.2, 0) is 47.4 Å². The van der Waals surface area contributed by atoms with E-state index in [4.69, 9.17) is 23.2 Å². The van der Waals surface area contributed by atoms with Gasteiger partial charge < -0.3 is 18.5 Å². The number of benzene rings is 2. The molecular formula is C30H43O8P. The summed E-state index contributed by atoms with van der Waals surface area (Å²) in [5.74, 6) is 0.595. The van der Waals surface area contributed by atoms with Gasteiger partial charge >= 0.3 is 20.5 Å². The second-order valence-corrected chi connectivity index (χ2v) is 12.7. The molecule has 8 nitrogen and oxygen atoms in total. The molecule has 39 heavy (non-hydrogen) atoms. The van der Waals surface area contributed by atoms with Gasteiger partial charge in [-0.15, -0.1) is 4.67 Å². The van der Waals surface area contributed by atoms with Crippen molar-refractivity contribution in [2.45, 2.75) is 91.9 Å². The molecular weight excluding hydrogens is 519 g/mol. The third kappa shape index (κ3) is 9.20. The minimum atomic E-state index is -2.22. The molecule has 216 valence electrons. The molecule has 1 N–H and O–H groups in total. The zero-order valence-electron chi connectivity index (χ0n) is 24.9. The van der Waals surface area contributed by atoms with Gasteiger partial charge in [0.25, 0.3) is 0 Å². The summed E-state index contributed by atoms with van der Waals surface area (Å²) < 4.78 is 26.8. The summed E-state index contributed by atoms with van der Waals surface area (Å²) in [5, 5.41) is 9.85. The highest BCUT2D eigenvalue weighted by Gasteiger charge is 2.30. The molecule has 9 heteroatoms. The number of methoxy groups -OCH3 is 2. The summed E-state index contributed by atoms with van der Waals surface area (Å²) >= 11 is 0. The predicted molar refractivity (Wildman–Crippen MR) is 152 cm³/mol. The summed E-state index contributed by atoms with van der Waals surface area (Å²) in [6.45, 7) is 16.2. The van der Waals surface area contributed by atoms with Gasteiger partial charge in [0.05, 0.1) is 14.2 Å². The second-order valence-electron chi connectivity index (χ2n) is 11.7. The van der Waals surface area contributed by atoms with Crippen LogP contribution in [0.5, 0.6) is 11.5 Å². The van der Waals surface area contributed by atoms with Crippen molar-refractivity contribution in [3.63, 3.8) is 0 Å². The van der Waals surface area contributed by atoms with Gasteiger partial charge in [-0.1, -0.05) is 65.8 Å². The van der Waals surface area contributed by atoms with Crippen LogP contribution in [0.2, 0.25) is 0 Å². The Bertz CT molecular complexity index is 1070. The zero-order chi connectivity index (χ0) is 29.5. The first-order valence-corrected chi connectivity index (χ1v) is 14.1. The van der Waals surface area contributed by atoms with Gasteiger partial charge in [0.15, 0.2) is 0 Å². The van der Waals surface area contributed by atoms with E-state index in [1.54, 1.807) is 0 Å². The van der Waals surface area contributed by atoms with Crippen molar-refractivity contribution in [1.82, 2.24) is 0 Å². The molecule has 0 radical (unpaired) electrons. The maximum absolute atomic E-state index is 11.7. The zero-order valence-corrected chi connectivity index (χ0v) is 25.8. The highest BCUT2D eigenvalue weighted by atomic mass is 31.2. The van der Waals surface area contributed by atoms with Crippen LogP contribution in [0.25, 0.3) is 0 Å². The van der Waals surface area contributed by atoms with E-state index >= 15 is 0 Å². The largest absolute Gasteiger partial charge is 0.492 e. The number of ether oxygens (including phenoxy) is 2. The fourth-order valence-electron chi connectivity index (χ4n) is 4.24. The van der Waals surface area contributed by atoms with Crippen molar-refractivity contribution < 1.29 is 38.0 Å². The minimum Gasteiger partial charge on any atom is -0.469 e. The summed E-state index contributed by atoms with van der Waals surface area (Å²) in [4.78, 5) is 23.4. The number of hydrogen-bond donors (Lipinski definition) is 1. The maximum atomic E-state index is 11.7. The fraction of sp³-hybridized carbons (Fsp3) is 0.533. The number of esters is 2. The predicted octanol–water partition coefficient (Wildman–Crippen LogP) is 7.28. The smallest absolute Gasteiger partial charge is 0.469 e. The molecule has 2 rings (SSSR count). The van der Waals surface area contributed by atoms with E-state index in [1.807, 2.05) is 38.1 Å². The summed E-state index contributed by atoms with van der Waals surface area (Å²) in [6.07, 6.45) is 1.63. The van der Waals surface area contributed by atoms with Crippen molar-refractivity contribution >= 4 is 20.5 Å². The normalized spacial score (nSPS) is 11.9. The lowest BCUT2D eigenvalue weighted by Gasteiger charge is -2.28. The minimum absolute atomic E-state index is 0.266. The van der Waals surface area contributed by atoms with Crippen LogP contribution in [0.1, 0.15) is 87.8 Å². The molecule has 0 bridgehead atoms. The Kier molecular flexibility index (Phi) is 11.3. The summed E-state index contributed by atoms with van der Waals surface area (Å²) in [5.41, 5.74) is 4.85. The van der Waals surface area contributed by atoms with Crippen LogP contribution in [0.3, 0.4) is 0 Å². The first-order chi connectivity index (χ1) is 18.1. The molecule has 0 saturated carbocycles. The van der Waals surface area contributed by atoms with Crippen molar-refractivity contribution in [2.75, 3.05) is 14.2 Å². The van der Waals surface area contributed by atoms with Crippen molar-refractivity contribution in [2.24, 2.45) is 0 Å². The van der Waals surface area contributed by atoms with Gasteiger partial charge in [0.1, 0.15) is 11.5 Å². The lowest BCUT2D eigenvalue weighted by molar-refractivity contribution is -0.143. The molecule has 0 fully saturated rings. The van der Waals surface area contributed by atoms with E-state index in [0.717, 1.165) is 33.4 Å². The molecule has 0 spiro atoms. The van der Waals surface area contributed by atoms with Crippen LogP contribution >= 0.6 is 8.60 Å². The second kappa shape index (κ2) is 13.6. The molecule has 2 aromatic rings. The monoisotopic (exact) mass is 562 g/mol. The van der Waals surface area contributed by atoms with Crippen LogP contribution in [-0.4, -0.2) is 31.4 Å². The van der Waals surface area contributed by atoms with E-state index in [0.29, 0.717) is 24.3 Å². The molecule has 0 unspecified atom stereocenters. The quantitative estimate of drug-likeness (QED) is 0.132. The first kappa shape index (κ1) is 32.5. The molecule has 0 aromatic heterocycles. The topological polar surface area (TPSA) is 101 Å². The molecule has 0 saturated heterocycles. The van der Waals surface area contributed by atoms with Gasteiger partial charge in [-0.2, -0.15) is 0 Å². The SMILES string of the molecule is COC(=O)CCc1cc(C)c(OP(OO)Oc2c(C)cc(CCC(=O)OC)cc2C(C)(C)C)c(C(C)(C)C)c1. The van der Waals surface area contributed by atoms with Gasteiger partial charge in [-0.3, -0.25) is 9.59 Å². The average Bonchev–Trinajstić information content (AvgIpc) is 2.85. The third-order valence-corrected chi connectivity index (χ3v) is 7.17. The Morgan fingerprint density at radius 1 is 0.718 bits per heavy atom. The highest BCUT2D eigenvalue weighted by molar-refractivity contribution is 7.42. The van der Waals surface area contributed by atoms with Gasteiger partial charge in [0.2, 0.25) is 0 Å². The van der Waals surface area contributed by atoms with E-state index < -0.39 is 8.60 Å². The van der Waals surface area contributed by atoms with Crippen molar-refractivity contribution in [3.8, 4) is 11.5 Å². The standard InChI is InChI=1S/C30H43O8P/c1-19-15-21(11-13-25(31)34-9)17-23(29(3,4)5)27(19)36-39(38-33)37-28-20(2)16-22(12-14-26(32)35-10)18-24(28)30(6,7)8/h15-18,33H,11-14H2,1-10H3. The molecule has 0 aliphatic carbocycles. The Labute approximate surface area is 233 Å². The maximum Gasteiger partial charge on any atom is 0.492 e. The third-order valence-electron chi connectivity index (χ3n) is 6.37. The van der Waals surface area contributed by atoms with Crippen molar-refractivity contribution in [1.29, 1.82) is 0 Å². The molecule has 0 amide bonds. The summed E-state index contributed by atoms with van der Waals surface area (Å²) in [7, 11) is 0.536. The molecule has 0 aliphatic heterocycles. The van der Waals surface area contributed by atoms with Crippen LogP contribution in [0.15, 0.2) is 24.3 Å². The van der Waals surface area contributed by atoms with E-state index in [2.05, 4.69) is 41.5 Å². The fourth-order valence-corrected chi connectivity index (χ4v) is 5.13. The highest BCUT2D eigenvalue weighted by Crippen LogP contribution is 2.48. The number of rotatable bonds is 11. The molecule has 0 heterocycles. The summed E-state index contributed by atoms with van der Waals surface area (Å²) in [6, 6.07) is 7.94. The Morgan fingerprint density at radius 2 is 1.08 bits per heavy atom. The number of carbonyl (C=O) groups is 2. The molecule has 2 aromatic carbocycles. The Balaban J connectivity index is 2.44. The van der Waals surface area contributed by atoms with E-state index in [1.165, 1.54) is 14.2 Å². The van der Waals surface area contributed by atoms with Gasteiger partial charge in [-0.05, 0) is 59.8 Å². The molecule has 0 aliphatic rings.